The average Bonchev–Trinajstić information content (AvgIpc) is 2.39. The van der Waals surface area contributed by atoms with Gasteiger partial charge in [-0.3, -0.25) is 0 Å². The Bertz CT molecular complexity index is 425. The minimum Gasteiger partial charge on any atom is -0.541 e. The number of rotatable bonds is 6. The first-order valence-corrected chi connectivity index (χ1v) is 9.71. The molecule has 1 aromatic rings. The maximum absolute atomic E-state index is 6.52. The highest BCUT2D eigenvalue weighted by Gasteiger charge is 2.47. The third-order valence-electron chi connectivity index (χ3n) is 3.92. The lowest BCUT2D eigenvalue weighted by Gasteiger charge is -2.42. The molecule has 0 aliphatic carbocycles. The van der Waals surface area contributed by atoms with E-state index >= 15 is 0 Å². The first-order chi connectivity index (χ1) is 9.36. The molecule has 0 aromatic carbocycles. The van der Waals surface area contributed by atoms with E-state index in [-0.39, 0.29) is 0 Å². The maximum atomic E-state index is 6.52. The van der Waals surface area contributed by atoms with Crippen LogP contribution in [0, 0.1) is 0 Å². The van der Waals surface area contributed by atoms with E-state index in [9.17, 15) is 0 Å². The number of nitrogens with zero attached hydrogens (tertiary/aromatic N) is 2. The Balaban J connectivity index is 3.18. The van der Waals surface area contributed by atoms with Gasteiger partial charge in [0.05, 0.1) is 0 Å². The van der Waals surface area contributed by atoms with Crippen molar-refractivity contribution in [1.29, 1.82) is 0 Å². The van der Waals surface area contributed by atoms with Gasteiger partial charge in [-0.1, -0.05) is 53.1 Å². The summed E-state index contributed by atoms with van der Waals surface area (Å²) in [5.41, 5.74) is 3.66. The van der Waals surface area contributed by atoms with Gasteiger partial charge in [-0.15, -0.1) is 5.10 Å². The second-order valence-electron chi connectivity index (χ2n) is 6.00. The second-order valence-corrected chi connectivity index (χ2v) is 11.6. The van der Waals surface area contributed by atoms with Crippen molar-refractivity contribution in [3.63, 3.8) is 0 Å². The van der Waals surface area contributed by atoms with Crippen LogP contribution in [-0.2, 0) is 4.43 Å². The van der Waals surface area contributed by atoms with E-state index in [0.29, 0.717) is 28.1 Å². The molecular weight excluding hydrogens is 288 g/mol. The molecule has 1 aromatic heterocycles. The fourth-order valence-electron chi connectivity index (χ4n) is 3.11. The van der Waals surface area contributed by atoms with Gasteiger partial charge < -0.3 is 4.43 Å². The normalized spacial score (nSPS) is 13.4. The van der Waals surface area contributed by atoms with Crippen molar-refractivity contribution < 1.29 is 4.43 Å². The quantitative estimate of drug-likeness (QED) is 0.534. The second kappa shape index (κ2) is 7.23. The minimum atomic E-state index is -2.01. The SMILES string of the molecule is CC(C)[Si](O/C(=C/Cl)c1cccnn1)(C(C)C)C(C)C. The minimum absolute atomic E-state index is 0.491. The zero-order valence-corrected chi connectivity index (χ0v) is 15.0. The van der Waals surface area contributed by atoms with Crippen LogP contribution in [0.4, 0.5) is 0 Å². The summed E-state index contributed by atoms with van der Waals surface area (Å²) in [4.78, 5) is 0. The Kier molecular flexibility index (Phi) is 6.21. The molecule has 0 aliphatic rings. The van der Waals surface area contributed by atoms with Gasteiger partial charge in [0, 0.05) is 11.7 Å². The Morgan fingerprint density at radius 1 is 1.15 bits per heavy atom. The van der Waals surface area contributed by atoms with Gasteiger partial charge >= 0.3 is 0 Å². The summed E-state index contributed by atoms with van der Waals surface area (Å²) < 4.78 is 6.52. The van der Waals surface area contributed by atoms with Crippen molar-refractivity contribution in [2.45, 2.75) is 58.2 Å². The molecule has 0 N–H and O–H groups in total. The van der Waals surface area contributed by atoms with E-state index in [4.69, 9.17) is 16.0 Å². The molecular formula is C15H25ClN2OSi. The molecule has 5 heteroatoms. The van der Waals surface area contributed by atoms with E-state index in [1.165, 1.54) is 5.54 Å². The molecule has 1 heterocycles. The van der Waals surface area contributed by atoms with Gasteiger partial charge in [0.1, 0.15) is 11.5 Å². The summed E-state index contributed by atoms with van der Waals surface area (Å²) in [6.07, 6.45) is 1.65. The summed E-state index contributed by atoms with van der Waals surface area (Å²) in [6, 6.07) is 3.72. The predicted molar refractivity (Wildman–Crippen MR) is 88.0 cm³/mol. The fourth-order valence-corrected chi connectivity index (χ4v) is 8.59. The van der Waals surface area contributed by atoms with Crippen LogP contribution >= 0.6 is 11.6 Å². The van der Waals surface area contributed by atoms with Crippen LogP contribution in [0.15, 0.2) is 23.9 Å². The standard InChI is InChI=1S/C15H25ClN2OSi/c1-11(2)20(12(3)4,13(5)6)19-15(10-16)14-8-7-9-17-18-14/h7-13H,1-6H3/b15-10+. The molecule has 0 spiro atoms. The molecule has 0 radical (unpaired) electrons. The van der Waals surface area contributed by atoms with Gasteiger partial charge in [-0.25, -0.2) is 0 Å². The molecule has 3 nitrogen and oxygen atoms in total. The molecule has 112 valence electrons. The van der Waals surface area contributed by atoms with Crippen molar-refractivity contribution in [2.75, 3.05) is 0 Å². The molecule has 0 amide bonds. The van der Waals surface area contributed by atoms with Crippen LogP contribution < -0.4 is 0 Å². The third kappa shape index (κ3) is 3.41. The predicted octanol–water partition coefficient (Wildman–Crippen LogP) is 5.21. The molecule has 0 fully saturated rings. The van der Waals surface area contributed by atoms with Gasteiger partial charge in [-0.2, -0.15) is 5.10 Å². The Morgan fingerprint density at radius 2 is 1.70 bits per heavy atom. The molecule has 0 unspecified atom stereocenters. The van der Waals surface area contributed by atoms with Crippen LogP contribution in [0.1, 0.15) is 47.2 Å². The Morgan fingerprint density at radius 3 is 2.05 bits per heavy atom. The molecule has 0 bridgehead atoms. The van der Waals surface area contributed by atoms with E-state index < -0.39 is 8.32 Å². The molecule has 1 rings (SSSR count). The third-order valence-corrected chi connectivity index (χ3v) is 10.1. The first-order valence-electron chi connectivity index (χ1n) is 7.13. The molecule has 0 saturated carbocycles. The van der Waals surface area contributed by atoms with E-state index in [1.54, 1.807) is 6.20 Å². The Hall–Kier alpha value is -0.873. The Labute approximate surface area is 128 Å². The van der Waals surface area contributed by atoms with Crippen LogP contribution in [0.2, 0.25) is 16.6 Å². The van der Waals surface area contributed by atoms with E-state index in [0.717, 1.165) is 0 Å². The monoisotopic (exact) mass is 312 g/mol. The van der Waals surface area contributed by atoms with Crippen molar-refractivity contribution in [1.82, 2.24) is 10.2 Å². The lowest BCUT2D eigenvalue weighted by atomic mass is 10.3. The first kappa shape index (κ1) is 17.2. The van der Waals surface area contributed by atoms with Crippen LogP contribution in [0.5, 0.6) is 0 Å². The molecule has 0 saturated heterocycles. The largest absolute Gasteiger partial charge is 0.541 e. The molecule has 20 heavy (non-hydrogen) atoms. The summed E-state index contributed by atoms with van der Waals surface area (Å²) in [5.74, 6) is 0.641. The number of hydrogen-bond donors (Lipinski definition) is 0. The maximum Gasteiger partial charge on any atom is 0.258 e. The van der Waals surface area contributed by atoms with Gasteiger partial charge in [0.25, 0.3) is 8.32 Å². The van der Waals surface area contributed by atoms with Crippen molar-refractivity contribution in [3.05, 3.63) is 29.6 Å². The number of aromatic nitrogens is 2. The molecule has 0 aliphatic heterocycles. The zero-order valence-electron chi connectivity index (χ0n) is 13.2. The summed E-state index contributed by atoms with van der Waals surface area (Å²) in [7, 11) is -2.01. The smallest absolute Gasteiger partial charge is 0.258 e. The summed E-state index contributed by atoms with van der Waals surface area (Å²) >= 11 is 5.99. The fraction of sp³-hybridized carbons (Fsp3) is 0.600. The van der Waals surface area contributed by atoms with Crippen molar-refractivity contribution >= 4 is 25.7 Å². The number of halogens is 1. The molecule has 0 atom stereocenters. The van der Waals surface area contributed by atoms with Gasteiger partial charge in [-0.05, 0) is 28.8 Å². The topological polar surface area (TPSA) is 35.0 Å². The van der Waals surface area contributed by atoms with Gasteiger partial charge in [0.15, 0.2) is 0 Å². The lowest BCUT2D eigenvalue weighted by Crippen LogP contribution is -2.47. The number of hydrogen-bond acceptors (Lipinski definition) is 3. The highest BCUT2D eigenvalue weighted by molar-refractivity contribution is 6.78. The van der Waals surface area contributed by atoms with E-state index in [2.05, 4.69) is 51.7 Å². The van der Waals surface area contributed by atoms with Crippen LogP contribution in [0.25, 0.3) is 5.76 Å². The van der Waals surface area contributed by atoms with Gasteiger partial charge in [0.2, 0.25) is 0 Å². The van der Waals surface area contributed by atoms with Crippen molar-refractivity contribution in [3.8, 4) is 0 Å². The lowest BCUT2D eigenvalue weighted by molar-refractivity contribution is 0.442. The highest BCUT2D eigenvalue weighted by Crippen LogP contribution is 2.44. The summed E-state index contributed by atoms with van der Waals surface area (Å²) in [6.45, 7) is 13.5. The van der Waals surface area contributed by atoms with Crippen LogP contribution in [-0.4, -0.2) is 18.5 Å². The summed E-state index contributed by atoms with van der Waals surface area (Å²) in [5, 5.41) is 8.01. The van der Waals surface area contributed by atoms with E-state index in [1.807, 2.05) is 12.1 Å². The van der Waals surface area contributed by atoms with Crippen LogP contribution in [0.3, 0.4) is 0 Å². The average molecular weight is 313 g/mol. The zero-order chi connectivity index (χ0) is 15.3. The highest BCUT2D eigenvalue weighted by atomic mass is 35.5. The van der Waals surface area contributed by atoms with Crippen molar-refractivity contribution in [2.24, 2.45) is 0 Å².